The molecule has 18 heavy (non-hydrogen) atoms. The summed E-state index contributed by atoms with van der Waals surface area (Å²) >= 11 is 0. The lowest BCUT2D eigenvalue weighted by molar-refractivity contribution is -0.00501. The highest BCUT2D eigenvalue weighted by Gasteiger charge is 2.47. The van der Waals surface area contributed by atoms with Gasteiger partial charge in [0.2, 0.25) is 0 Å². The third-order valence-corrected chi connectivity index (χ3v) is 3.79. The van der Waals surface area contributed by atoms with Gasteiger partial charge in [-0.2, -0.15) is 0 Å². The van der Waals surface area contributed by atoms with Crippen LogP contribution < -0.4 is 5.32 Å². The van der Waals surface area contributed by atoms with Gasteiger partial charge in [0.05, 0.1) is 32.0 Å². The van der Waals surface area contributed by atoms with Crippen molar-refractivity contribution in [3.8, 4) is 0 Å². The molecule has 4 nitrogen and oxygen atoms in total. The number of hydrogen-bond acceptors (Lipinski definition) is 4. The van der Waals surface area contributed by atoms with Crippen LogP contribution in [0.1, 0.15) is 39.0 Å². The lowest BCUT2D eigenvalue weighted by Gasteiger charge is -2.33. The minimum absolute atomic E-state index is 0.185. The molecule has 2 saturated carbocycles. The topological polar surface area (TPSA) is 50.7 Å². The Morgan fingerprint density at radius 3 is 2.39 bits per heavy atom. The zero-order chi connectivity index (χ0) is 12.8. The smallest absolute Gasteiger partial charge is 0.0701 e. The van der Waals surface area contributed by atoms with E-state index in [-0.39, 0.29) is 12.1 Å². The molecule has 0 aromatic carbocycles. The number of aliphatic hydroxyl groups is 1. The molecule has 0 radical (unpaired) electrons. The summed E-state index contributed by atoms with van der Waals surface area (Å²) < 4.78 is 11.1. The van der Waals surface area contributed by atoms with Gasteiger partial charge in [-0.1, -0.05) is 6.92 Å². The van der Waals surface area contributed by atoms with Gasteiger partial charge in [0.15, 0.2) is 0 Å². The first-order chi connectivity index (χ1) is 8.80. The molecule has 2 N–H and O–H groups in total. The van der Waals surface area contributed by atoms with Crippen molar-refractivity contribution in [2.75, 3.05) is 33.0 Å². The lowest BCUT2D eigenvalue weighted by Crippen LogP contribution is -2.55. The minimum Gasteiger partial charge on any atom is -0.394 e. The molecule has 0 aromatic heterocycles. The van der Waals surface area contributed by atoms with Gasteiger partial charge in [-0.05, 0) is 38.0 Å². The molecule has 2 fully saturated rings. The third-order valence-electron chi connectivity index (χ3n) is 3.79. The molecule has 2 aliphatic rings. The Bertz CT molecular complexity index is 241. The SMILES string of the molecule is CCCOCCOCC(CO)(NC1CC1)C1CC1. The van der Waals surface area contributed by atoms with Gasteiger partial charge in [-0.25, -0.2) is 0 Å². The molecular formula is C14H27NO3. The summed E-state index contributed by atoms with van der Waals surface area (Å²) in [5, 5.41) is 13.3. The summed E-state index contributed by atoms with van der Waals surface area (Å²) in [7, 11) is 0. The zero-order valence-corrected chi connectivity index (χ0v) is 11.5. The van der Waals surface area contributed by atoms with Crippen LogP contribution in [0.4, 0.5) is 0 Å². The van der Waals surface area contributed by atoms with Crippen LogP contribution in [0.25, 0.3) is 0 Å². The quantitative estimate of drug-likeness (QED) is 0.548. The van der Waals surface area contributed by atoms with E-state index in [1.807, 2.05) is 0 Å². The summed E-state index contributed by atoms with van der Waals surface area (Å²) in [6.45, 7) is 4.98. The third kappa shape index (κ3) is 4.19. The maximum Gasteiger partial charge on any atom is 0.0701 e. The maximum atomic E-state index is 9.73. The molecule has 0 bridgehead atoms. The minimum atomic E-state index is -0.189. The molecule has 0 aromatic rings. The fraction of sp³-hybridized carbons (Fsp3) is 1.00. The Kier molecular flexibility index (Phi) is 5.42. The lowest BCUT2D eigenvalue weighted by atomic mass is 9.95. The number of aliphatic hydroxyl groups excluding tert-OH is 1. The summed E-state index contributed by atoms with van der Waals surface area (Å²) in [6, 6.07) is 0.609. The average Bonchev–Trinajstić information content (AvgIpc) is 3.25. The zero-order valence-electron chi connectivity index (χ0n) is 11.5. The first-order valence-electron chi connectivity index (χ1n) is 7.35. The highest BCUT2D eigenvalue weighted by molar-refractivity contribution is 5.04. The molecule has 1 unspecified atom stereocenters. The normalized spacial score (nSPS) is 23.0. The molecule has 2 rings (SSSR count). The highest BCUT2D eigenvalue weighted by Crippen LogP contribution is 2.41. The summed E-state index contributed by atoms with van der Waals surface area (Å²) in [5.74, 6) is 0.597. The Labute approximate surface area is 110 Å². The molecule has 1 atom stereocenters. The van der Waals surface area contributed by atoms with Gasteiger partial charge >= 0.3 is 0 Å². The second kappa shape index (κ2) is 6.85. The molecule has 0 spiro atoms. The largest absolute Gasteiger partial charge is 0.394 e. The van der Waals surface area contributed by atoms with Crippen LogP contribution in [0, 0.1) is 5.92 Å². The van der Waals surface area contributed by atoms with Crippen molar-refractivity contribution in [1.29, 1.82) is 0 Å². The van der Waals surface area contributed by atoms with Crippen molar-refractivity contribution in [2.45, 2.75) is 50.6 Å². The van der Waals surface area contributed by atoms with E-state index in [0.29, 0.717) is 31.8 Å². The van der Waals surface area contributed by atoms with Crippen molar-refractivity contribution in [2.24, 2.45) is 5.92 Å². The maximum absolute atomic E-state index is 9.73. The Morgan fingerprint density at radius 2 is 1.83 bits per heavy atom. The van der Waals surface area contributed by atoms with E-state index in [1.54, 1.807) is 0 Å². The van der Waals surface area contributed by atoms with Gasteiger partial charge < -0.3 is 19.9 Å². The molecule has 106 valence electrons. The van der Waals surface area contributed by atoms with Crippen LogP contribution >= 0.6 is 0 Å². The van der Waals surface area contributed by atoms with E-state index in [2.05, 4.69) is 12.2 Å². The predicted molar refractivity (Wildman–Crippen MR) is 70.6 cm³/mol. The fourth-order valence-electron chi connectivity index (χ4n) is 2.39. The van der Waals surface area contributed by atoms with E-state index in [0.717, 1.165) is 13.0 Å². The molecule has 0 saturated heterocycles. The van der Waals surface area contributed by atoms with Gasteiger partial charge in [0.1, 0.15) is 0 Å². The average molecular weight is 257 g/mol. The molecule has 0 amide bonds. The van der Waals surface area contributed by atoms with Crippen LogP contribution in [-0.2, 0) is 9.47 Å². The summed E-state index contributed by atoms with van der Waals surface area (Å²) in [6.07, 6.45) is 5.97. The fourth-order valence-corrected chi connectivity index (χ4v) is 2.39. The van der Waals surface area contributed by atoms with Crippen molar-refractivity contribution in [3.05, 3.63) is 0 Å². The monoisotopic (exact) mass is 257 g/mol. The summed E-state index contributed by atoms with van der Waals surface area (Å²) in [5.41, 5.74) is -0.189. The molecular weight excluding hydrogens is 230 g/mol. The molecule has 2 aliphatic carbocycles. The van der Waals surface area contributed by atoms with Gasteiger partial charge in [-0.15, -0.1) is 0 Å². The van der Waals surface area contributed by atoms with E-state index >= 15 is 0 Å². The number of rotatable bonds is 11. The number of hydrogen-bond donors (Lipinski definition) is 2. The standard InChI is InChI=1S/C14H27NO3/c1-2-7-17-8-9-18-11-14(10-16,12-3-4-12)15-13-5-6-13/h12-13,15-16H,2-11H2,1H3. The van der Waals surface area contributed by atoms with Crippen molar-refractivity contribution >= 4 is 0 Å². The van der Waals surface area contributed by atoms with Crippen LogP contribution in [0.5, 0.6) is 0 Å². The van der Waals surface area contributed by atoms with Gasteiger partial charge in [-0.3, -0.25) is 0 Å². The van der Waals surface area contributed by atoms with E-state index in [9.17, 15) is 5.11 Å². The predicted octanol–water partition coefficient (Wildman–Crippen LogP) is 1.32. The van der Waals surface area contributed by atoms with Crippen LogP contribution in [-0.4, -0.2) is 49.7 Å². The first-order valence-corrected chi connectivity index (χ1v) is 7.35. The van der Waals surface area contributed by atoms with E-state index in [1.165, 1.54) is 25.7 Å². The number of ether oxygens (including phenoxy) is 2. The first kappa shape index (κ1) is 14.3. The second-order valence-electron chi connectivity index (χ2n) is 5.67. The highest BCUT2D eigenvalue weighted by atomic mass is 16.5. The van der Waals surface area contributed by atoms with E-state index < -0.39 is 0 Å². The second-order valence-corrected chi connectivity index (χ2v) is 5.67. The van der Waals surface area contributed by atoms with Crippen LogP contribution in [0.15, 0.2) is 0 Å². The Morgan fingerprint density at radius 1 is 1.11 bits per heavy atom. The Hall–Kier alpha value is -0.160. The van der Waals surface area contributed by atoms with Gasteiger partial charge in [0.25, 0.3) is 0 Å². The molecule has 0 heterocycles. The van der Waals surface area contributed by atoms with Crippen molar-refractivity contribution in [1.82, 2.24) is 5.32 Å². The Balaban J connectivity index is 1.67. The van der Waals surface area contributed by atoms with Crippen molar-refractivity contribution < 1.29 is 14.6 Å². The van der Waals surface area contributed by atoms with E-state index in [4.69, 9.17) is 9.47 Å². The molecule has 4 heteroatoms. The van der Waals surface area contributed by atoms with Crippen LogP contribution in [0.3, 0.4) is 0 Å². The molecule has 0 aliphatic heterocycles. The van der Waals surface area contributed by atoms with Gasteiger partial charge in [0, 0.05) is 12.6 Å². The van der Waals surface area contributed by atoms with Crippen LogP contribution in [0.2, 0.25) is 0 Å². The summed E-state index contributed by atoms with van der Waals surface area (Å²) in [4.78, 5) is 0. The van der Waals surface area contributed by atoms with Crippen molar-refractivity contribution in [3.63, 3.8) is 0 Å². The number of nitrogens with one attached hydrogen (secondary N) is 1.